The summed E-state index contributed by atoms with van der Waals surface area (Å²) >= 11 is 0. The Morgan fingerprint density at radius 3 is 2.53 bits per heavy atom. The highest BCUT2D eigenvalue weighted by Gasteiger charge is 2.38. The highest BCUT2D eigenvalue weighted by Crippen LogP contribution is 2.31. The molecule has 0 radical (unpaired) electrons. The first-order valence-electron chi connectivity index (χ1n) is 7.85. The van der Waals surface area contributed by atoms with Gasteiger partial charge in [0, 0.05) is 18.6 Å². The van der Waals surface area contributed by atoms with E-state index in [1.54, 1.807) is 0 Å². The van der Waals surface area contributed by atoms with Crippen molar-refractivity contribution in [2.75, 3.05) is 13.1 Å². The molecule has 2 unspecified atom stereocenters. The molecule has 1 aliphatic carbocycles. The predicted molar refractivity (Wildman–Crippen MR) is 81.0 cm³/mol. The van der Waals surface area contributed by atoms with Crippen LogP contribution in [-0.4, -0.2) is 35.6 Å². The number of hydrogen-bond donors (Lipinski definition) is 1. The molecule has 0 saturated heterocycles. The number of nitrogens with one attached hydrogen (secondary N) is 1. The highest BCUT2D eigenvalue weighted by atomic mass is 15.2. The Labute approximate surface area is 119 Å². The van der Waals surface area contributed by atoms with Crippen molar-refractivity contribution in [1.82, 2.24) is 10.2 Å². The predicted octanol–water partition coefficient (Wildman–Crippen LogP) is 3.17. The molecule has 1 aliphatic rings. The maximum Gasteiger partial charge on any atom is 0.108 e. The molecule has 3 nitrogen and oxygen atoms in total. The SMILES string of the molecule is CCN(CC(C)C)C1CCCC(C#N)(NC(C)C)C1. The molecule has 0 aromatic heterocycles. The third kappa shape index (κ3) is 4.78. The quantitative estimate of drug-likeness (QED) is 0.802. The summed E-state index contributed by atoms with van der Waals surface area (Å²) in [5.41, 5.74) is -0.304. The van der Waals surface area contributed by atoms with Gasteiger partial charge in [0.1, 0.15) is 5.54 Å². The van der Waals surface area contributed by atoms with E-state index in [9.17, 15) is 5.26 Å². The molecule has 0 heterocycles. The summed E-state index contributed by atoms with van der Waals surface area (Å²) in [5.74, 6) is 0.691. The van der Waals surface area contributed by atoms with E-state index in [1.807, 2.05) is 0 Å². The van der Waals surface area contributed by atoms with E-state index in [0.717, 1.165) is 32.4 Å². The molecule has 0 amide bonds. The largest absolute Gasteiger partial charge is 0.300 e. The van der Waals surface area contributed by atoms with Gasteiger partial charge in [-0.3, -0.25) is 5.32 Å². The van der Waals surface area contributed by atoms with Crippen LogP contribution in [0.4, 0.5) is 0 Å². The summed E-state index contributed by atoms with van der Waals surface area (Å²) in [6.45, 7) is 13.3. The van der Waals surface area contributed by atoms with E-state index < -0.39 is 0 Å². The minimum absolute atomic E-state index is 0.304. The van der Waals surface area contributed by atoms with Crippen LogP contribution >= 0.6 is 0 Å². The molecule has 110 valence electrons. The van der Waals surface area contributed by atoms with E-state index >= 15 is 0 Å². The lowest BCUT2D eigenvalue weighted by atomic mass is 9.78. The second-order valence-electron chi connectivity index (χ2n) is 6.72. The van der Waals surface area contributed by atoms with Crippen LogP contribution in [0.15, 0.2) is 0 Å². The fourth-order valence-electron chi connectivity index (χ4n) is 3.38. The zero-order valence-corrected chi connectivity index (χ0v) is 13.4. The third-order valence-electron chi connectivity index (χ3n) is 4.03. The fraction of sp³-hybridized carbons (Fsp3) is 0.938. The topological polar surface area (TPSA) is 39.1 Å². The molecule has 0 aromatic carbocycles. The van der Waals surface area contributed by atoms with Gasteiger partial charge in [-0.2, -0.15) is 5.26 Å². The molecule has 0 bridgehead atoms. The van der Waals surface area contributed by atoms with Crippen molar-refractivity contribution in [3.63, 3.8) is 0 Å². The molecule has 2 atom stereocenters. The molecule has 1 saturated carbocycles. The molecule has 0 aromatic rings. The van der Waals surface area contributed by atoms with E-state index in [2.05, 4.69) is 50.9 Å². The molecule has 1 N–H and O–H groups in total. The second kappa shape index (κ2) is 7.26. The van der Waals surface area contributed by atoms with Crippen molar-refractivity contribution >= 4 is 0 Å². The molecule has 0 aliphatic heterocycles. The van der Waals surface area contributed by atoms with Crippen LogP contribution in [-0.2, 0) is 0 Å². The third-order valence-corrected chi connectivity index (χ3v) is 4.03. The van der Waals surface area contributed by atoms with Crippen molar-refractivity contribution in [3.8, 4) is 6.07 Å². The summed E-state index contributed by atoms with van der Waals surface area (Å²) in [5, 5.41) is 13.1. The summed E-state index contributed by atoms with van der Waals surface area (Å²) in [4.78, 5) is 2.57. The minimum atomic E-state index is -0.304. The van der Waals surface area contributed by atoms with Gasteiger partial charge in [0.2, 0.25) is 0 Å². The van der Waals surface area contributed by atoms with Crippen LogP contribution in [0.1, 0.15) is 60.3 Å². The number of rotatable bonds is 6. The van der Waals surface area contributed by atoms with Crippen LogP contribution in [0.3, 0.4) is 0 Å². The Morgan fingerprint density at radius 2 is 2.05 bits per heavy atom. The Hall–Kier alpha value is -0.590. The van der Waals surface area contributed by atoms with Gasteiger partial charge in [-0.25, -0.2) is 0 Å². The number of hydrogen-bond acceptors (Lipinski definition) is 3. The number of nitrogens with zero attached hydrogens (tertiary/aromatic N) is 2. The monoisotopic (exact) mass is 265 g/mol. The summed E-state index contributed by atoms with van der Waals surface area (Å²) < 4.78 is 0. The van der Waals surface area contributed by atoms with Gasteiger partial charge in [0.15, 0.2) is 0 Å². The molecule has 3 heteroatoms. The number of nitriles is 1. The van der Waals surface area contributed by atoms with Gasteiger partial charge in [-0.15, -0.1) is 0 Å². The van der Waals surface area contributed by atoms with Crippen LogP contribution in [0.25, 0.3) is 0 Å². The first kappa shape index (κ1) is 16.5. The van der Waals surface area contributed by atoms with Crippen molar-refractivity contribution in [3.05, 3.63) is 0 Å². The van der Waals surface area contributed by atoms with Crippen molar-refractivity contribution < 1.29 is 0 Å². The van der Waals surface area contributed by atoms with Gasteiger partial charge in [-0.05, 0) is 52.0 Å². The fourth-order valence-corrected chi connectivity index (χ4v) is 3.38. The lowest BCUT2D eigenvalue weighted by Gasteiger charge is -2.42. The van der Waals surface area contributed by atoms with Crippen molar-refractivity contribution in [2.45, 2.75) is 77.9 Å². The Balaban J connectivity index is 2.73. The van der Waals surface area contributed by atoms with Crippen LogP contribution in [0.5, 0.6) is 0 Å². The van der Waals surface area contributed by atoms with Crippen LogP contribution in [0.2, 0.25) is 0 Å². The lowest BCUT2D eigenvalue weighted by Crippen LogP contribution is -2.55. The summed E-state index contributed by atoms with van der Waals surface area (Å²) in [7, 11) is 0. The maximum atomic E-state index is 9.61. The first-order chi connectivity index (χ1) is 8.92. The first-order valence-corrected chi connectivity index (χ1v) is 7.85. The standard InChI is InChI=1S/C16H31N3/c1-6-19(11-13(2)3)15-8-7-9-16(10-15,12-17)18-14(4)5/h13-15,18H,6-11H2,1-5H3. The normalized spacial score (nSPS) is 28.1. The highest BCUT2D eigenvalue weighted by molar-refractivity contribution is 5.11. The van der Waals surface area contributed by atoms with Gasteiger partial charge < -0.3 is 4.90 Å². The second-order valence-corrected chi connectivity index (χ2v) is 6.72. The summed E-state index contributed by atoms with van der Waals surface area (Å²) in [6, 6.07) is 3.51. The van der Waals surface area contributed by atoms with E-state index in [-0.39, 0.29) is 5.54 Å². The lowest BCUT2D eigenvalue weighted by molar-refractivity contribution is 0.110. The maximum absolute atomic E-state index is 9.61. The van der Waals surface area contributed by atoms with Crippen LogP contribution in [0, 0.1) is 17.2 Å². The zero-order chi connectivity index (χ0) is 14.5. The smallest absolute Gasteiger partial charge is 0.108 e. The molecule has 19 heavy (non-hydrogen) atoms. The molecular weight excluding hydrogens is 234 g/mol. The molecular formula is C16H31N3. The van der Waals surface area contributed by atoms with E-state index in [4.69, 9.17) is 0 Å². The molecule has 1 rings (SSSR count). The molecule has 1 fully saturated rings. The van der Waals surface area contributed by atoms with Gasteiger partial charge >= 0.3 is 0 Å². The average molecular weight is 265 g/mol. The minimum Gasteiger partial charge on any atom is -0.300 e. The average Bonchev–Trinajstić information content (AvgIpc) is 2.35. The Morgan fingerprint density at radius 1 is 1.37 bits per heavy atom. The van der Waals surface area contributed by atoms with E-state index in [0.29, 0.717) is 18.0 Å². The molecule has 0 spiro atoms. The van der Waals surface area contributed by atoms with Crippen molar-refractivity contribution in [2.24, 2.45) is 5.92 Å². The van der Waals surface area contributed by atoms with E-state index in [1.165, 1.54) is 6.42 Å². The zero-order valence-electron chi connectivity index (χ0n) is 13.4. The van der Waals surface area contributed by atoms with Gasteiger partial charge in [-0.1, -0.05) is 20.8 Å². The Kier molecular flexibility index (Phi) is 6.29. The van der Waals surface area contributed by atoms with Gasteiger partial charge in [0.25, 0.3) is 0 Å². The van der Waals surface area contributed by atoms with Crippen LogP contribution < -0.4 is 5.32 Å². The van der Waals surface area contributed by atoms with Gasteiger partial charge in [0.05, 0.1) is 6.07 Å². The summed E-state index contributed by atoms with van der Waals surface area (Å²) in [6.07, 6.45) is 4.37. The van der Waals surface area contributed by atoms with Crippen molar-refractivity contribution in [1.29, 1.82) is 5.26 Å². The Bertz CT molecular complexity index is 306.